The van der Waals surface area contributed by atoms with E-state index in [4.69, 9.17) is 4.74 Å². The third-order valence-electron chi connectivity index (χ3n) is 3.76. The van der Waals surface area contributed by atoms with E-state index in [1.54, 1.807) is 7.11 Å². The van der Waals surface area contributed by atoms with E-state index in [0.717, 1.165) is 25.0 Å². The Hall–Kier alpha value is -1.80. The smallest absolute Gasteiger partial charge is 0.119 e. The van der Waals surface area contributed by atoms with Gasteiger partial charge in [0.25, 0.3) is 0 Å². The van der Waals surface area contributed by atoms with Gasteiger partial charge in [0.15, 0.2) is 0 Å². The van der Waals surface area contributed by atoms with Gasteiger partial charge in [0.05, 0.1) is 13.2 Å². The molecule has 1 atom stereocenters. The molecule has 0 aromatic heterocycles. The van der Waals surface area contributed by atoms with Crippen LogP contribution in [0.4, 0.5) is 0 Å². The molecule has 0 saturated heterocycles. The first-order valence-electron chi connectivity index (χ1n) is 6.73. The van der Waals surface area contributed by atoms with Crippen LogP contribution < -0.4 is 4.74 Å². The summed E-state index contributed by atoms with van der Waals surface area (Å²) in [6.07, 6.45) is 4.71. The Balaban J connectivity index is 2.02. The van der Waals surface area contributed by atoms with E-state index in [-0.39, 0.29) is 6.10 Å². The minimum Gasteiger partial charge on any atom is -0.497 e. The third kappa shape index (κ3) is 2.49. The largest absolute Gasteiger partial charge is 0.497 e. The third-order valence-corrected chi connectivity index (χ3v) is 3.76. The zero-order chi connectivity index (χ0) is 13.2. The molecule has 19 heavy (non-hydrogen) atoms. The van der Waals surface area contributed by atoms with E-state index in [1.807, 2.05) is 18.2 Å². The molecule has 3 rings (SSSR count). The Kier molecular flexibility index (Phi) is 3.26. The van der Waals surface area contributed by atoms with Gasteiger partial charge in [-0.2, -0.15) is 0 Å². The van der Waals surface area contributed by atoms with Crippen LogP contribution in [0.25, 0.3) is 16.3 Å². The van der Waals surface area contributed by atoms with Crippen LogP contribution in [0.5, 0.6) is 5.75 Å². The first-order valence-corrected chi connectivity index (χ1v) is 6.73. The molecule has 2 nitrogen and oxygen atoms in total. The monoisotopic (exact) mass is 254 g/mol. The number of aliphatic hydroxyl groups is 1. The highest BCUT2D eigenvalue weighted by Gasteiger charge is 2.12. The van der Waals surface area contributed by atoms with Crippen molar-refractivity contribution in [3.8, 4) is 5.75 Å². The van der Waals surface area contributed by atoms with Crippen LogP contribution in [-0.4, -0.2) is 18.3 Å². The highest BCUT2D eigenvalue weighted by molar-refractivity contribution is 5.87. The minimum atomic E-state index is -0.282. The van der Waals surface area contributed by atoms with Gasteiger partial charge in [-0.05, 0) is 59.4 Å². The number of fused-ring (bicyclic) bond motifs is 1. The maximum atomic E-state index is 9.73. The van der Waals surface area contributed by atoms with Gasteiger partial charge in [-0.15, -0.1) is 0 Å². The highest BCUT2D eigenvalue weighted by atomic mass is 16.5. The summed E-state index contributed by atoms with van der Waals surface area (Å²) < 4.78 is 5.24. The standard InChI is InChI=1S/C17H18O2/c1-19-17-8-7-14-9-13(5-6-15(14)11-17)12-3-2-4-16(18)10-12/h5-11,16,18H,2-4H2,1H3. The van der Waals surface area contributed by atoms with Crippen LogP contribution in [0.1, 0.15) is 24.8 Å². The van der Waals surface area contributed by atoms with Gasteiger partial charge in [-0.3, -0.25) is 0 Å². The lowest BCUT2D eigenvalue weighted by Gasteiger charge is -2.17. The van der Waals surface area contributed by atoms with Gasteiger partial charge < -0.3 is 9.84 Å². The van der Waals surface area contributed by atoms with Crippen molar-refractivity contribution in [3.63, 3.8) is 0 Å². The number of hydrogen-bond acceptors (Lipinski definition) is 2. The second kappa shape index (κ2) is 5.06. The lowest BCUT2D eigenvalue weighted by atomic mass is 9.91. The average Bonchev–Trinajstić information content (AvgIpc) is 2.46. The van der Waals surface area contributed by atoms with Crippen molar-refractivity contribution in [2.24, 2.45) is 0 Å². The van der Waals surface area contributed by atoms with Crippen molar-refractivity contribution in [1.82, 2.24) is 0 Å². The SMILES string of the molecule is COc1ccc2cc(C3=CC(O)CCC3)ccc2c1. The molecule has 1 unspecified atom stereocenters. The number of ether oxygens (including phenoxy) is 1. The number of benzene rings is 2. The van der Waals surface area contributed by atoms with Crippen LogP contribution in [0.3, 0.4) is 0 Å². The van der Waals surface area contributed by atoms with E-state index in [1.165, 1.54) is 21.9 Å². The van der Waals surface area contributed by atoms with Gasteiger partial charge in [0.2, 0.25) is 0 Å². The van der Waals surface area contributed by atoms with E-state index in [0.29, 0.717) is 0 Å². The molecule has 2 aromatic carbocycles. The zero-order valence-electron chi connectivity index (χ0n) is 11.1. The molecule has 1 aliphatic rings. The molecule has 2 aromatic rings. The second-order valence-electron chi connectivity index (χ2n) is 5.08. The molecule has 0 heterocycles. The normalized spacial score (nSPS) is 19.3. The first kappa shape index (κ1) is 12.2. The topological polar surface area (TPSA) is 29.5 Å². The van der Waals surface area contributed by atoms with Gasteiger partial charge in [-0.25, -0.2) is 0 Å². The summed E-state index contributed by atoms with van der Waals surface area (Å²) in [5.74, 6) is 0.882. The molecular weight excluding hydrogens is 236 g/mol. The number of rotatable bonds is 2. The summed E-state index contributed by atoms with van der Waals surface area (Å²) in [6.45, 7) is 0. The van der Waals surface area contributed by atoms with Gasteiger partial charge in [0.1, 0.15) is 5.75 Å². The van der Waals surface area contributed by atoms with Crippen LogP contribution in [-0.2, 0) is 0 Å². The van der Waals surface area contributed by atoms with E-state index < -0.39 is 0 Å². The fourth-order valence-electron chi connectivity index (χ4n) is 2.69. The molecule has 0 radical (unpaired) electrons. The van der Waals surface area contributed by atoms with Crippen molar-refractivity contribution >= 4 is 16.3 Å². The van der Waals surface area contributed by atoms with E-state index >= 15 is 0 Å². The predicted molar refractivity (Wildman–Crippen MR) is 78.3 cm³/mol. The maximum absolute atomic E-state index is 9.73. The number of hydrogen-bond donors (Lipinski definition) is 1. The predicted octanol–water partition coefficient (Wildman–Crippen LogP) is 3.78. The molecule has 0 aliphatic heterocycles. The Morgan fingerprint density at radius 1 is 1.11 bits per heavy atom. The highest BCUT2D eigenvalue weighted by Crippen LogP contribution is 2.30. The quantitative estimate of drug-likeness (QED) is 0.883. The summed E-state index contributed by atoms with van der Waals surface area (Å²) in [5, 5.41) is 12.1. The molecule has 1 N–H and O–H groups in total. The molecule has 0 amide bonds. The Labute approximate surface area is 113 Å². The van der Waals surface area contributed by atoms with Crippen molar-refractivity contribution in [2.75, 3.05) is 7.11 Å². The van der Waals surface area contributed by atoms with E-state index in [2.05, 4.69) is 24.3 Å². The van der Waals surface area contributed by atoms with E-state index in [9.17, 15) is 5.11 Å². The number of allylic oxidation sites excluding steroid dienone is 1. The summed E-state index contributed by atoms with van der Waals surface area (Å²) >= 11 is 0. The van der Waals surface area contributed by atoms with Crippen LogP contribution >= 0.6 is 0 Å². The Morgan fingerprint density at radius 2 is 1.89 bits per heavy atom. The number of methoxy groups -OCH3 is 1. The van der Waals surface area contributed by atoms with Crippen molar-refractivity contribution in [2.45, 2.75) is 25.4 Å². The van der Waals surface area contributed by atoms with Gasteiger partial charge in [-0.1, -0.05) is 24.3 Å². The average molecular weight is 254 g/mol. The van der Waals surface area contributed by atoms with Crippen molar-refractivity contribution < 1.29 is 9.84 Å². The zero-order valence-corrected chi connectivity index (χ0v) is 11.1. The molecule has 0 saturated carbocycles. The fourth-order valence-corrected chi connectivity index (χ4v) is 2.69. The number of aliphatic hydroxyl groups excluding tert-OH is 1. The minimum absolute atomic E-state index is 0.282. The summed E-state index contributed by atoms with van der Waals surface area (Å²) in [5.41, 5.74) is 2.48. The fraction of sp³-hybridized carbons (Fsp3) is 0.294. The van der Waals surface area contributed by atoms with Gasteiger partial charge >= 0.3 is 0 Å². The molecule has 0 spiro atoms. The first-order chi connectivity index (χ1) is 9.26. The molecule has 2 heteroatoms. The second-order valence-corrected chi connectivity index (χ2v) is 5.08. The lowest BCUT2D eigenvalue weighted by Crippen LogP contribution is -2.08. The van der Waals surface area contributed by atoms with Gasteiger partial charge in [0, 0.05) is 0 Å². The molecule has 1 aliphatic carbocycles. The molecule has 0 fully saturated rings. The van der Waals surface area contributed by atoms with Crippen molar-refractivity contribution in [3.05, 3.63) is 48.0 Å². The molecular formula is C17H18O2. The Morgan fingerprint density at radius 3 is 2.68 bits per heavy atom. The lowest BCUT2D eigenvalue weighted by molar-refractivity contribution is 0.206. The maximum Gasteiger partial charge on any atom is 0.119 e. The van der Waals surface area contributed by atoms with Crippen LogP contribution in [0, 0.1) is 0 Å². The van der Waals surface area contributed by atoms with Crippen LogP contribution in [0.15, 0.2) is 42.5 Å². The van der Waals surface area contributed by atoms with Crippen LogP contribution in [0.2, 0.25) is 0 Å². The molecule has 98 valence electrons. The summed E-state index contributed by atoms with van der Waals surface area (Å²) in [6, 6.07) is 12.6. The van der Waals surface area contributed by atoms with Crippen molar-refractivity contribution in [1.29, 1.82) is 0 Å². The summed E-state index contributed by atoms with van der Waals surface area (Å²) in [7, 11) is 1.68. The summed E-state index contributed by atoms with van der Waals surface area (Å²) in [4.78, 5) is 0. The molecule has 0 bridgehead atoms. The Bertz CT molecular complexity index is 628.